The highest BCUT2D eigenvalue weighted by atomic mass is 16.6. The molecule has 0 aliphatic heterocycles. The Morgan fingerprint density at radius 2 is 1.89 bits per heavy atom. The van der Waals surface area contributed by atoms with Gasteiger partial charge in [-0.05, 0) is 19.9 Å². The number of amides is 1. The van der Waals surface area contributed by atoms with E-state index in [1.807, 2.05) is 0 Å². The van der Waals surface area contributed by atoms with Crippen molar-refractivity contribution >= 4 is 23.0 Å². The fraction of sp³-hybridized carbons (Fsp3) is 0.300. The van der Waals surface area contributed by atoms with E-state index in [0.717, 1.165) is 0 Å². The summed E-state index contributed by atoms with van der Waals surface area (Å²) in [6, 6.07) is 4.12. The molecular weight excluding hydrogens is 238 g/mol. The van der Waals surface area contributed by atoms with E-state index in [1.165, 1.54) is 18.2 Å². The van der Waals surface area contributed by atoms with Gasteiger partial charge >= 0.3 is 0 Å². The monoisotopic (exact) mass is 253 g/mol. The van der Waals surface area contributed by atoms with Gasteiger partial charge in [0.2, 0.25) is 5.91 Å². The minimum absolute atomic E-state index is 0.145. The summed E-state index contributed by atoms with van der Waals surface area (Å²) >= 11 is 0. The van der Waals surface area contributed by atoms with E-state index < -0.39 is 16.4 Å². The number of nitrogen functional groups attached to an aromatic ring is 1. The zero-order valence-corrected chi connectivity index (χ0v) is 10.1. The predicted molar refractivity (Wildman–Crippen MR) is 67.8 cm³/mol. The molecule has 0 atom stereocenters. The van der Waals surface area contributed by atoms with Gasteiger partial charge in [0, 0.05) is 17.8 Å². The Bertz CT molecular complexity index is 486. The number of hydrogen-bond donors (Lipinski definition) is 4. The molecule has 0 bridgehead atoms. The molecule has 0 aromatic heterocycles. The van der Waals surface area contributed by atoms with E-state index in [-0.39, 0.29) is 5.69 Å². The van der Waals surface area contributed by atoms with Crippen molar-refractivity contribution in [2.75, 3.05) is 10.7 Å². The molecule has 1 rings (SSSR count). The minimum Gasteiger partial charge on any atom is -0.371 e. The lowest BCUT2D eigenvalue weighted by molar-refractivity contribution is -0.384. The Morgan fingerprint density at radius 3 is 2.33 bits per heavy atom. The number of nitro benzene ring substituents is 1. The summed E-state index contributed by atoms with van der Waals surface area (Å²) in [5.74, 6) is 4.65. The van der Waals surface area contributed by atoms with E-state index in [4.69, 9.17) is 11.6 Å². The van der Waals surface area contributed by atoms with Crippen molar-refractivity contribution in [2.45, 2.75) is 19.4 Å². The molecule has 0 aliphatic carbocycles. The maximum Gasteiger partial charge on any atom is 0.273 e. The molecule has 0 radical (unpaired) electrons. The zero-order chi connectivity index (χ0) is 13.9. The standard InChI is InChI=1S/C10H15N5O3/c1-10(2,9(11)16)13-6-3-7(14-12)5-8(4-6)15(17)18/h3-5,13-14H,12H2,1-2H3,(H2,11,16). The van der Waals surface area contributed by atoms with Crippen LogP contribution in [0.15, 0.2) is 18.2 Å². The molecule has 8 heteroatoms. The van der Waals surface area contributed by atoms with E-state index in [2.05, 4.69) is 10.7 Å². The molecule has 0 saturated heterocycles. The van der Waals surface area contributed by atoms with Crippen molar-refractivity contribution in [3.8, 4) is 0 Å². The molecule has 8 nitrogen and oxygen atoms in total. The summed E-state index contributed by atoms with van der Waals surface area (Å²) in [5, 5.41) is 13.6. The van der Waals surface area contributed by atoms with E-state index in [0.29, 0.717) is 11.4 Å². The second kappa shape index (κ2) is 4.88. The summed E-state index contributed by atoms with van der Waals surface area (Å²) in [4.78, 5) is 21.4. The predicted octanol–water partition coefficient (Wildman–Crippen LogP) is 0.556. The fourth-order valence-electron chi connectivity index (χ4n) is 1.29. The van der Waals surface area contributed by atoms with Crippen molar-refractivity contribution in [3.63, 3.8) is 0 Å². The lowest BCUT2D eigenvalue weighted by Crippen LogP contribution is -2.45. The van der Waals surface area contributed by atoms with Crippen LogP contribution in [0.4, 0.5) is 17.1 Å². The van der Waals surface area contributed by atoms with E-state index in [1.54, 1.807) is 13.8 Å². The maximum absolute atomic E-state index is 11.2. The number of nitrogens with zero attached hydrogens (tertiary/aromatic N) is 1. The molecule has 0 aliphatic rings. The van der Waals surface area contributed by atoms with Crippen LogP contribution in [0.3, 0.4) is 0 Å². The normalized spacial score (nSPS) is 10.8. The van der Waals surface area contributed by atoms with Crippen LogP contribution >= 0.6 is 0 Å². The van der Waals surface area contributed by atoms with Gasteiger partial charge in [-0.25, -0.2) is 0 Å². The van der Waals surface area contributed by atoms with Crippen LogP contribution in [-0.2, 0) is 4.79 Å². The number of nitrogens with two attached hydrogens (primary N) is 2. The first-order valence-corrected chi connectivity index (χ1v) is 5.10. The maximum atomic E-state index is 11.2. The molecule has 0 saturated carbocycles. The van der Waals surface area contributed by atoms with Gasteiger partial charge in [-0.2, -0.15) is 0 Å². The molecule has 1 aromatic carbocycles. The number of carbonyl (C=O) groups excluding carboxylic acids is 1. The van der Waals surface area contributed by atoms with Crippen LogP contribution in [0.2, 0.25) is 0 Å². The SMILES string of the molecule is CC(C)(Nc1cc(NN)cc([N+](=O)[O-])c1)C(N)=O. The Hall–Kier alpha value is -2.35. The van der Waals surface area contributed by atoms with Crippen molar-refractivity contribution in [2.24, 2.45) is 11.6 Å². The Labute approximate surface area is 103 Å². The molecular formula is C10H15N5O3. The van der Waals surface area contributed by atoms with Gasteiger partial charge in [0.05, 0.1) is 10.6 Å². The van der Waals surface area contributed by atoms with E-state index in [9.17, 15) is 14.9 Å². The molecule has 1 aromatic rings. The number of hydrogen-bond acceptors (Lipinski definition) is 6. The highest BCUT2D eigenvalue weighted by Gasteiger charge is 2.25. The molecule has 0 spiro atoms. The van der Waals surface area contributed by atoms with Crippen LogP contribution in [0, 0.1) is 10.1 Å². The van der Waals surface area contributed by atoms with Gasteiger partial charge in [0.25, 0.3) is 5.69 Å². The summed E-state index contributed by atoms with van der Waals surface area (Å²) in [5.41, 5.74) is 7.09. The van der Waals surface area contributed by atoms with Crippen LogP contribution < -0.4 is 22.3 Å². The van der Waals surface area contributed by atoms with Gasteiger partial charge in [-0.3, -0.25) is 20.8 Å². The topological polar surface area (TPSA) is 136 Å². The Kier molecular flexibility index (Phi) is 3.72. The summed E-state index contributed by atoms with van der Waals surface area (Å²) in [6.45, 7) is 3.15. The van der Waals surface area contributed by atoms with Crippen LogP contribution in [0.1, 0.15) is 13.8 Å². The van der Waals surface area contributed by atoms with Crippen molar-refractivity contribution in [3.05, 3.63) is 28.3 Å². The molecule has 0 heterocycles. The first-order chi connectivity index (χ1) is 8.26. The van der Waals surface area contributed by atoms with Gasteiger partial charge in [0.1, 0.15) is 5.54 Å². The quantitative estimate of drug-likeness (QED) is 0.344. The number of primary amides is 1. The third-order valence-corrected chi connectivity index (χ3v) is 2.37. The number of anilines is 2. The summed E-state index contributed by atoms with van der Waals surface area (Å²) in [6.07, 6.45) is 0. The van der Waals surface area contributed by atoms with Gasteiger partial charge in [0.15, 0.2) is 0 Å². The first-order valence-electron chi connectivity index (χ1n) is 5.10. The number of benzene rings is 1. The highest BCUT2D eigenvalue weighted by molar-refractivity contribution is 5.87. The lowest BCUT2D eigenvalue weighted by atomic mass is 10.0. The third kappa shape index (κ3) is 3.08. The largest absolute Gasteiger partial charge is 0.371 e. The van der Waals surface area contributed by atoms with Gasteiger partial charge in [-0.15, -0.1) is 0 Å². The number of rotatable bonds is 5. The summed E-state index contributed by atoms with van der Waals surface area (Å²) < 4.78 is 0. The van der Waals surface area contributed by atoms with Crippen molar-refractivity contribution in [1.82, 2.24) is 0 Å². The number of nitro groups is 1. The first kappa shape index (κ1) is 13.7. The Balaban J connectivity index is 3.13. The van der Waals surface area contributed by atoms with Crippen molar-refractivity contribution < 1.29 is 9.72 Å². The van der Waals surface area contributed by atoms with Gasteiger partial charge < -0.3 is 16.5 Å². The lowest BCUT2D eigenvalue weighted by Gasteiger charge is -2.23. The van der Waals surface area contributed by atoms with Crippen LogP contribution in [0.5, 0.6) is 0 Å². The Morgan fingerprint density at radius 1 is 1.33 bits per heavy atom. The van der Waals surface area contributed by atoms with Crippen LogP contribution in [-0.4, -0.2) is 16.4 Å². The second-order valence-corrected chi connectivity index (χ2v) is 4.28. The fourth-order valence-corrected chi connectivity index (χ4v) is 1.29. The number of hydrazine groups is 1. The number of nitrogens with one attached hydrogen (secondary N) is 2. The average molecular weight is 253 g/mol. The summed E-state index contributed by atoms with van der Waals surface area (Å²) in [7, 11) is 0. The highest BCUT2D eigenvalue weighted by Crippen LogP contribution is 2.25. The number of carbonyl (C=O) groups is 1. The third-order valence-electron chi connectivity index (χ3n) is 2.37. The molecule has 98 valence electrons. The van der Waals surface area contributed by atoms with Gasteiger partial charge in [-0.1, -0.05) is 0 Å². The van der Waals surface area contributed by atoms with Crippen molar-refractivity contribution in [1.29, 1.82) is 0 Å². The van der Waals surface area contributed by atoms with E-state index >= 15 is 0 Å². The second-order valence-electron chi connectivity index (χ2n) is 4.28. The zero-order valence-electron chi connectivity index (χ0n) is 10.1. The average Bonchev–Trinajstić information content (AvgIpc) is 2.27. The van der Waals surface area contributed by atoms with Crippen LogP contribution in [0.25, 0.3) is 0 Å². The molecule has 0 fully saturated rings. The molecule has 6 N–H and O–H groups in total. The number of non-ortho nitro benzene ring substituents is 1. The molecule has 0 unspecified atom stereocenters. The smallest absolute Gasteiger partial charge is 0.273 e. The molecule has 1 amide bonds. The molecule has 18 heavy (non-hydrogen) atoms. The minimum atomic E-state index is -1.03.